The molecule has 0 aliphatic heterocycles. The lowest BCUT2D eigenvalue weighted by atomic mass is 10.2. The quantitative estimate of drug-likeness (QED) is 0.584. The minimum absolute atomic E-state index is 0.168. The predicted octanol–water partition coefficient (Wildman–Crippen LogP) is 2.74. The Morgan fingerprint density at radius 3 is 2.00 bits per heavy atom. The summed E-state index contributed by atoms with van der Waals surface area (Å²) in [5.74, 6) is 0. The molecule has 20 heavy (non-hydrogen) atoms. The van der Waals surface area contributed by atoms with Gasteiger partial charge < -0.3 is 9.05 Å². The second-order valence-corrected chi connectivity index (χ2v) is 7.65. The molecule has 1 aromatic carbocycles. The van der Waals surface area contributed by atoms with E-state index in [2.05, 4.69) is 0 Å². The van der Waals surface area contributed by atoms with E-state index in [1.165, 1.54) is 12.1 Å². The van der Waals surface area contributed by atoms with E-state index in [-0.39, 0.29) is 11.1 Å². The van der Waals surface area contributed by atoms with Crippen LogP contribution in [0.25, 0.3) is 0 Å². The smallest absolute Gasteiger partial charge is 0.309 e. The molecule has 0 unspecified atom stereocenters. The van der Waals surface area contributed by atoms with Gasteiger partial charge in [0.05, 0.1) is 24.3 Å². The number of rotatable bonds is 8. The van der Waals surface area contributed by atoms with Gasteiger partial charge in [0.1, 0.15) is 0 Å². The van der Waals surface area contributed by atoms with Gasteiger partial charge in [-0.1, -0.05) is 12.1 Å². The number of aryl methyl sites for hydroxylation is 1. The zero-order valence-corrected chi connectivity index (χ0v) is 13.2. The van der Waals surface area contributed by atoms with Crippen molar-refractivity contribution in [2.45, 2.75) is 25.2 Å². The third-order valence-corrected chi connectivity index (χ3v) is 5.49. The van der Waals surface area contributed by atoms with E-state index in [0.717, 1.165) is 5.56 Å². The van der Waals surface area contributed by atoms with E-state index in [0.29, 0.717) is 19.6 Å². The Labute approximate surface area is 119 Å². The maximum atomic E-state index is 12.2. The second-order valence-electron chi connectivity index (χ2n) is 4.04. The predicted molar refractivity (Wildman–Crippen MR) is 75.7 cm³/mol. The van der Waals surface area contributed by atoms with Crippen molar-refractivity contribution in [2.24, 2.45) is 0 Å². The average molecular weight is 322 g/mol. The van der Waals surface area contributed by atoms with Crippen LogP contribution in [0.2, 0.25) is 0 Å². The molecular formula is C12H19O6PS. The van der Waals surface area contributed by atoms with Crippen LogP contribution >= 0.6 is 7.60 Å². The fourth-order valence-electron chi connectivity index (χ4n) is 1.65. The van der Waals surface area contributed by atoms with Crippen molar-refractivity contribution in [1.29, 1.82) is 0 Å². The molecule has 1 aromatic rings. The van der Waals surface area contributed by atoms with Gasteiger partial charge in [0.2, 0.25) is 0 Å². The molecule has 0 atom stereocenters. The van der Waals surface area contributed by atoms with Crippen LogP contribution < -0.4 is 0 Å². The van der Waals surface area contributed by atoms with Gasteiger partial charge in [-0.25, -0.2) is 0 Å². The van der Waals surface area contributed by atoms with Crippen molar-refractivity contribution in [3.8, 4) is 0 Å². The van der Waals surface area contributed by atoms with Gasteiger partial charge in [-0.2, -0.15) is 8.42 Å². The molecule has 0 amide bonds. The van der Waals surface area contributed by atoms with Crippen molar-refractivity contribution < 1.29 is 26.6 Å². The van der Waals surface area contributed by atoms with Gasteiger partial charge in [-0.15, -0.1) is 0 Å². The molecule has 0 aliphatic carbocycles. The Balaban J connectivity index is 2.72. The van der Waals surface area contributed by atoms with Crippen LogP contribution in [0, 0.1) is 0 Å². The summed E-state index contributed by atoms with van der Waals surface area (Å²) >= 11 is 0. The monoisotopic (exact) mass is 322 g/mol. The normalized spacial score (nSPS) is 12.6. The van der Waals surface area contributed by atoms with Gasteiger partial charge >= 0.3 is 7.60 Å². The lowest BCUT2D eigenvalue weighted by molar-refractivity contribution is 0.220. The van der Waals surface area contributed by atoms with E-state index in [1.54, 1.807) is 26.0 Å². The highest BCUT2D eigenvalue weighted by Gasteiger charge is 2.23. The van der Waals surface area contributed by atoms with Crippen molar-refractivity contribution in [1.82, 2.24) is 0 Å². The van der Waals surface area contributed by atoms with E-state index in [1.807, 2.05) is 0 Å². The molecule has 0 fully saturated rings. The Kier molecular flexibility index (Phi) is 6.36. The number of benzene rings is 1. The van der Waals surface area contributed by atoms with Crippen molar-refractivity contribution in [3.63, 3.8) is 0 Å². The van der Waals surface area contributed by atoms with Gasteiger partial charge in [0.25, 0.3) is 10.1 Å². The first-order chi connectivity index (χ1) is 9.30. The standard InChI is InChI=1S/C12H19O6PS/c1-3-17-19(13,18-4-2)10-9-11-5-7-12(8-6-11)20(14,15)16/h5-8H,3-4,9-10H2,1-2H3,(H,14,15,16). The molecule has 0 aliphatic rings. The molecule has 0 aromatic heterocycles. The fraction of sp³-hybridized carbons (Fsp3) is 0.500. The van der Waals surface area contributed by atoms with Crippen LogP contribution in [0.1, 0.15) is 19.4 Å². The minimum Gasteiger partial charge on any atom is -0.309 e. The van der Waals surface area contributed by atoms with Crippen molar-refractivity contribution in [2.75, 3.05) is 19.4 Å². The molecule has 0 heterocycles. The maximum Gasteiger partial charge on any atom is 0.330 e. The molecule has 114 valence electrons. The summed E-state index contributed by atoms with van der Waals surface area (Å²) in [7, 11) is -7.28. The molecule has 6 nitrogen and oxygen atoms in total. The lowest BCUT2D eigenvalue weighted by Gasteiger charge is -2.16. The van der Waals surface area contributed by atoms with Gasteiger partial charge in [0.15, 0.2) is 0 Å². The van der Waals surface area contributed by atoms with Gasteiger partial charge in [-0.3, -0.25) is 9.12 Å². The van der Waals surface area contributed by atoms with Crippen LogP contribution in [0.5, 0.6) is 0 Å². The summed E-state index contributed by atoms with van der Waals surface area (Å²) in [6.07, 6.45) is 0.656. The Hall–Kier alpha value is -0.720. The lowest BCUT2D eigenvalue weighted by Crippen LogP contribution is -2.03. The molecule has 0 saturated heterocycles. The summed E-state index contributed by atoms with van der Waals surface area (Å²) in [5.41, 5.74) is 0.789. The first kappa shape index (κ1) is 17.3. The molecule has 1 N–H and O–H groups in total. The molecule has 0 bridgehead atoms. The molecule has 0 radical (unpaired) electrons. The minimum atomic E-state index is -4.18. The first-order valence-electron chi connectivity index (χ1n) is 6.25. The summed E-state index contributed by atoms with van der Waals surface area (Å²) in [4.78, 5) is -0.168. The van der Waals surface area contributed by atoms with Crippen molar-refractivity contribution in [3.05, 3.63) is 29.8 Å². The average Bonchev–Trinajstić information content (AvgIpc) is 2.37. The highest BCUT2D eigenvalue weighted by molar-refractivity contribution is 7.85. The fourth-order valence-corrected chi connectivity index (χ4v) is 3.79. The van der Waals surface area contributed by atoms with Crippen LogP contribution in [-0.2, 0) is 30.2 Å². The molecule has 0 spiro atoms. The molecule has 8 heteroatoms. The van der Waals surface area contributed by atoms with E-state index in [4.69, 9.17) is 13.6 Å². The van der Waals surface area contributed by atoms with E-state index < -0.39 is 17.7 Å². The van der Waals surface area contributed by atoms with Crippen LogP contribution in [-0.4, -0.2) is 32.3 Å². The highest BCUT2D eigenvalue weighted by Crippen LogP contribution is 2.48. The second kappa shape index (κ2) is 7.33. The van der Waals surface area contributed by atoms with Crippen molar-refractivity contribution >= 4 is 17.7 Å². The van der Waals surface area contributed by atoms with E-state index in [9.17, 15) is 13.0 Å². The summed E-state index contributed by atoms with van der Waals surface area (Å²) < 4.78 is 53.2. The Morgan fingerprint density at radius 2 is 1.60 bits per heavy atom. The number of hydrogen-bond acceptors (Lipinski definition) is 5. The Bertz CT molecular complexity index is 556. The van der Waals surface area contributed by atoms with Crippen LogP contribution in [0.3, 0.4) is 0 Å². The summed E-state index contributed by atoms with van der Waals surface area (Å²) in [6, 6.07) is 5.73. The Morgan fingerprint density at radius 1 is 1.10 bits per heavy atom. The third-order valence-electron chi connectivity index (χ3n) is 2.55. The third kappa shape index (κ3) is 5.34. The summed E-state index contributed by atoms with van der Waals surface area (Å²) in [6.45, 7) is 4.09. The zero-order chi connectivity index (χ0) is 15.2. The van der Waals surface area contributed by atoms with Gasteiger partial charge in [-0.05, 0) is 38.0 Å². The topological polar surface area (TPSA) is 89.9 Å². The highest BCUT2D eigenvalue weighted by atomic mass is 32.2. The molecular weight excluding hydrogens is 303 g/mol. The van der Waals surface area contributed by atoms with E-state index >= 15 is 0 Å². The SMILES string of the molecule is CCOP(=O)(CCc1ccc(S(=O)(=O)O)cc1)OCC. The molecule has 1 rings (SSSR count). The maximum absolute atomic E-state index is 12.2. The number of hydrogen-bond donors (Lipinski definition) is 1. The molecule has 0 saturated carbocycles. The largest absolute Gasteiger partial charge is 0.330 e. The first-order valence-corrected chi connectivity index (χ1v) is 9.42. The van der Waals surface area contributed by atoms with Crippen LogP contribution in [0.4, 0.5) is 0 Å². The van der Waals surface area contributed by atoms with Crippen LogP contribution in [0.15, 0.2) is 29.2 Å². The zero-order valence-electron chi connectivity index (χ0n) is 11.5. The summed E-state index contributed by atoms with van der Waals surface area (Å²) in [5, 5.41) is 0. The van der Waals surface area contributed by atoms with Gasteiger partial charge in [0, 0.05) is 0 Å².